The Kier molecular flexibility index (Phi) is 49.4. The molecule has 63 heavy (non-hydrogen) atoms. The molecular weight excluding hydrogens is 781 g/mol. The Labute approximate surface area is 390 Å². The van der Waals surface area contributed by atoms with Gasteiger partial charge in [0.2, 0.25) is 0 Å². The van der Waals surface area contributed by atoms with Crippen LogP contribution in [0.25, 0.3) is 0 Å². The van der Waals surface area contributed by atoms with E-state index in [9.17, 15) is 14.4 Å². The fourth-order valence-electron chi connectivity index (χ4n) is 7.49. The van der Waals surface area contributed by atoms with Crippen molar-refractivity contribution in [3.05, 3.63) is 60.8 Å². The van der Waals surface area contributed by atoms with Gasteiger partial charge in [0.05, 0.1) is 0 Å². The molecule has 0 radical (unpaired) electrons. The Bertz CT molecular complexity index is 1150. The summed E-state index contributed by atoms with van der Waals surface area (Å²) < 4.78 is 16.8. The number of hydrogen-bond donors (Lipinski definition) is 0. The van der Waals surface area contributed by atoms with Gasteiger partial charge in [-0.05, 0) is 83.5 Å². The SMILES string of the molecule is CC/C=C\C/C=C\C/C=C\C/C=C\CCCCCCCCCCC(=O)OCC(COC(=O)CCCCCCCCCCCCC)OC(=O)CCCCCCC/C=C\CCCCCC. The molecule has 1 atom stereocenters. The van der Waals surface area contributed by atoms with Crippen LogP contribution in [0.2, 0.25) is 0 Å². The average Bonchev–Trinajstić information content (AvgIpc) is 3.28. The van der Waals surface area contributed by atoms with E-state index >= 15 is 0 Å². The standard InChI is InChI=1S/C57H100O6/c1-4-7-10-13-16-19-22-24-25-26-27-28-29-30-31-33-35-38-41-44-47-50-56(59)62-53-54(52-61-55(58)49-46-43-40-37-34-21-18-15-12-9-6-3)63-57(60)51-48-45-42-39-36-32-23-20-17-14-11-8-5-2/h7,10,16,19-20,23-25,27-28,54H,4-6,8-9,11-15,17-18,21-22,26,29-53H2,1-3H3/b10-7-,19-16-,23-20-,25-24-,28-27-. The van der Waals surface area contributed by atoms with Gasteiger partial charge in [0.25, 0.3) is 0 Å². The minimum atomic E-state index is -0.778. The van der Waals surface area contributed by atoms with Crippen LogP contribution in [0.1, 0.15) is 265 Å². The van der Waals surface area contributed by atoms with E-state index in [0.717, 1.165) is 103 Å². The number of unbranched alkanes of at least 4 members (excludes halogenated alkanes) is 27. The van der Waals surface area contributed by atoms with Gasteiger partial charge in [-0.15, -0.1) is 0 Å². The molecule has 0 bridgehead atoms. The van der Waals surface area contributed by atoms with Crippen molar-refractivity contribution >= 4 is 17.9 Å². The van der Waals surface area contributed by atoms with Crippen LogP contribution in [0.3, 0.4) is 0 Å². The lowest BCUT2D eigenvalue weighted by Crippen LogP contribution is -2.30. The summed E-state index contributed by atoms with van der Waals surface area (Å²) in [5, 5.41) is 0. The second-order valence-corrected chi connectivity index (χ2v) is 17.8. The molecule has 0 saturated heterocycles. The molecule has 0 saturated carbocycles. The van der Waals surface area contributed by atoms with Gasteiger partial charge in [-0.25, -0.2) is 0 Å². The zero-order chi connectivity index (χ0) is 45.8. The van der Waals surface area contributed by atoms with Crippen LogP contribution in [-0.2, 0) is 28.6 Å². The van der Waals surface area contributed by atoms with Crippen molar-refractivity contribution in [2.75, 3.05) is 13.2 Å². The predicted molar refractivity (Wildman–Crippen MR) is 270 cm³/mol. The molecule has 364 valence electrons. The minimum Gasteiger partial charge on any atom is -0.462 e. The Hall–Kier alpha value is -2.89. The highest BCUT2D eigenvalue weighted by atomic mass is 16.6. The Morgan fingerprint density at radius 1 is 0.333 bits per heavy atom. The molecule has 6 heteroatoms. The molecule has 0 heterocycles. The molecule has 0 aromatic carbocycles. The summed E-state index contributed by atoms with van der Waals surface area (Å²) in [5.74, 6) is -0.890. The third-order valence-electron chi connectivity index (χ3n) is 11.5. The van der Waals surface area contributed by atoms with E-state index in [0.29, 0.717) is 19.3 Å². The van der Waals surface area contributed by atoms with E-state index in [2.05, 4.69) is 81.5 Å². The van der Waals surface area contributed by atoms with Crippen molar-refractivity contribution in [3.63, 3.8) is 0 Å². The number of allylic oxidation sites excluding steroid dienone is 10. The Balaban J connectivity index is 4.32. The van der Waals surface area contributed by atoms with E-state index in [-0.39, 0.29) is 31.1 Å². The molecule has 0 spiro atoms. The van der Waals surface area contributed by atoms with Crippen LogP contribution in [-0.4, -0.2) is 37.2 Å². The normalized spacial score (nSPS) is 12.5. The maximum absolute atomic E-state index is 12.8. The Morgan fingerprint density at radius 3 is 1.00 bits per heavy atom. The van der Waals surface area contributed by atoms with E-state index in [1.807, 2.05) is 0 Å². The second kappa shape index (κ2) is 51.7. The van der Waals surface area contributed by atoms with Gasteiger partial charge in [0, 0.05) is 19.3 Å². The molecule has 0 fully saturated rings. The molecule has 0 amide bonds. The number of esters is 3. The van der Waals surface area contributed by atoms with E-state index in [4.69, 9.17) is 14.2 Å². The predicted octanol–water partition coefficient (Wildman–Crippen LogP) is 17.6. The third kappa shape index (κ3) is 50.0. The molecule has 0 aliphatic heterocycles. The smallest absolute Gasteiger partial charge is 0.306 e. The summed E-state index contributed by atoms with van der Waals surface area (Å²) >= 11 is 0. The highest BCUT2D eigenvalue weighted by molar-refractivity contribution is 5.71. The summed E-state index contributed by atoms with van der Waals surface area (Å²) in [6.45, 7) is 6.50. The van der Waals surface area contributed by atoms with Crippen molar-refractivity contribution in [3.8, 4) is 0 Å². The van der Waals surface area contributed by atoms with Gasteiger partial charge in [-0.2, -0.15) is 0 Å². The molecule has 1 unspecified atom stereocenters. The molecule has 0 rings (SSSR count). The van der Waals surface area contributed by atoms with Gasteiger partial charge in [0.15, 0.2) is 6.10 Å². The number of carbonyl (C=O) groups is 3. The summed E-state index contributed by atoms with van der Waals surface area (Å²) in [4.78, 5) is 38.0. The van der Waals surface area contributed by atoms with Crippen molar-refractivity contribution in [2.24, 2.45) is 0 Å². The summed E-state index contributed by atoms with van der Waals surface area (Å²) in [7, 11) is 0. The fraction of sp³-hybridized carbons (Fsp3) is 0.772. The number of carbonyl (C=O) groups excluding carboxylic acids is 3. The average molecular weight is 881 g/mol. The number of hydrogen-bond acceptors (Lipinski definition) is 6. The zero-order valence-electron chi connectivity index (χ0n) is 41.6. The lowest BCUT2D eigenvalue weighted by Gasteiger charge is -2.18. The Morgan fingerprint density at radius 2 is 0.619 bits per heavy atom. The summed E-state index contributed by atoms with van der Waals surface area (Å²) in [5.41, 5.74) is 0. The van der Waals surface area contributed by atoms with Gasteiger partial charge < -0.3 is 14.2 Å². The summed E-state index contributed by atoms with van der Waals surface area (Å²) in [6, 6.07) is 0. The number of ether oxygens (including phenoxy) is 3. The molecule has 0 aromatic heterocycles. The van der Waals surface area contributed by atoms with E-state index < -0.39 is 6.10 Å². The molecular formula is C57H100O6. The quantitative estimate of drug-likeness (QED) is 0.0262. The van der Waals surface area contributed by atoms with Crippen LogP contribution in [0.4, 0.5) is 0 Å². The summed E-state index contributed by atoms with van der Waals surface area (Å²) in [6.07, 6.45) is 63.5. The van der Waals surface area contributed by atoms with Crippen LogP contribution < -0.4 is 0 Å². The van der Waals surface area contributed by atoms with Crippen molar-refractivity contribution in [1.82, 2.24) is 0 Å². The van der Waals surface area contributed by atoms with Gasteiger partial charge >= 0.3 is 17.9 Å². The zero-order valence-corrected chi connectivity index (χ0v) is 41.6. The first kappa shape index (κ1) is 60.1. The van der Waals surface area contributed by atoms with Gasteiger partial charge in [-0.3, -0.25) is 14.4 Å². The lowest BCUT2D eigenvalue weighted by molar-refractivity contribution is -0.167. The minimum absolute atomic E-state index is 0.0779. The molecule has 0 aliphatic rings. The first-order valence-corrected chi connectivity index (χ1v) is 26.8. The lowest BCUT2D eigenvalue weighted by atomic mass is 10.1. The van der Waals surface area contributed by atoms with Crippen molar-refractivity contribution in [2.45, 2.75) is 271 Å². The van der Waals surface area contributed by atoms with Gasteiger partial charge in [-0.1, -0.05) is 223 Å². The van der Waals surface area contributed by atoms with Crippen molar-refractivity contribution < 1.29 is 28.6 Å². The maximum Gasteiger partial charge on any atom is 0.306 e. The van der Waals surface area contributed by atoms with Gasteiger partial charge in [0.1, 0.15) is 13.2 Å². The number of rotatable bonds is 48. The monoisotopic (exact) mass is 881 g/mol. The first-order chi connectivity index (χ1) is 31.0. The molecule has 0 aliphatic carbocycles. The largest absolute Gasteiger partial charge is 0.462 e. The maximum atomic E-state index is 12.8. The van der Waals surface area contributed by atoms with E-state index in [1.54, 1.807) is 0 Å². The third-order valence-corrected chi connectivity index (χ3v) is 11.5. The second-order valence-electron chi connectivity index (χ2n) is 17.8. The van der Waals surface area contributed by atoms with Crippen LogP contribution in [0.5, 0.6) is 0 Å². The van der Waals surface area contributed by atoms with Crippen molar-refractivity contribution in [1.29, 1.82) is 0 Å². The molecule has 6 nitrogen and oxygen atoms in total. The first-order valence-electron chi connectivity index (χ1n) is 26.8. The topological polar surface area (TPSA) is 78.9 Å². The van der Waals surface area contributed by atoms with Crippen LogP contribution in [0, 0.1) is 0 Å². The highest BCUT2D eigenvalue weighted by Crippen LogP contribution is 2.15. The molecule has 0 aromatic rings. The fourth-order valence-corrected chi connectivity index (χ4v) is 7.49. The van der Waals surface area contributed by atoms with Crippen LogP contribution >= 0.6 is 0 Å². The molecule has 0 N–H and O–H groups in total. The van der Waals surface area contributed by atoms with E-state index in [1.165, 1.54) is 122 Å². The highest BCUT2D eigenvalue weighted by Gasteiger charge is 2.19. The van der Waals surface area contributed by atoms with Crippen LogP contribution in [0.15, 0.2) is 60.8 Å².